The van der Waals surface area contributed by atoms with Gasteiger partial charge in [0.25, 0.3) is 0 Å². The first kappa shape index (κ1) is 20.8. The maximum Gasteiger partial charge on any atom is 0.223 e. The SMILES string of the molecule is CCC(CC)N(CCOC)C(=O)CCc1c(C)nc2c(C#N)cnn2c1C. The summed E-state index contributed by atoms with van der Waals surface area (Å²) in [6.07, 6.45) is 4.42. The predicted molar refractivity (Wildman–Crippen MR) is 103 cm³/mol. The molecule has 0 bridgehead atoms. The highest BCUT2D eigenvalue weighted by Gasteiger charge is 2.22. The van der Waals surface area contributed by atoms with E-state index in [1.807, 2.05) is 18.7 Å². The smallest absolute Gasteiger partial charge is 0.223 e. The number of aryl methyl sites for hydroxylation is 2. The van der Waals surface area contributed by atoms with Gasteiger partial charge in [0, 0.05) is 37.5 Å². The van der Waals surface area contributed by atoms with Crippen molar-refractivity contribution in [3.05, 3.63) is 28.7 Å². The number of amides is 1. The Morgan fingerprint density at radius 2 is 2.07 bits per heavy atom. The zero-order valence-corrected chi connectivity index (χ0v) is 16.9. The summed E-state index contributed by atoms with van der Waals surface area (Å²) in [6.45, 7) is 9.25. The standard InChI is InChI=1S/C20H29N5O2/c1-6-17(7-2)24(10-11-27-5)19(26)9-8-18-14(3)23-20-16(12-21)13-22-25(20)15(18)4/h13,17H,6-11H2,1-5H3. The Kier molecular flexibility index (Phi) is 7.31. The van der Waals surface area contributed by atoms with Crippen molar-refractivity contribution in [3.63, 3.8) is 0 Å². The second kappa shape index (κ2) is 9.47. The van der Waals surface area contributed by atoms with Crippen LogP contribution in [0.5, 0.6) is 0 Å². The van der Waals surface area contributed by atoms with E-state index in [1.54, 1.807) is 11.6 Å². The fraction of sp³-hybridized carbons (Fsp3) is 0.600. The van der Waals surface area contributed by atoms with E-state index in [1.165, 1.54) is 6.20 Å². The molecule has 2 aromatic rings. The van der Waals surface area contributed by atoms with Crippen LogP contribution in [0.15, 0.2) is 6.20 Å². The lowest BCUT2D eigenvalue weighted by Gasteiger charge is -2.30. The minimum Gasteiger partial charge on any atom is -0.383 e. The van der Waals surface area contributed by atoms with Gasteiger partial charge in [-0.05, 0) is 38.7 Å². The number of ether oxygens (including phenoxy) is 1. The highest BCUT2D eigenvalue weighted by atomic mass is 16.5. The molecule has 0 aromatic carbocycles. The Balaban J connectivity index is 2.21. The van der Waals surface area contributed by atoms with Crippen molar-refractivity contribution in [1.82, 2.24) is 19.5 Å². The molecular weight excluding hydrogens is 342 g/mol. The van der Waals surface area contributed by atoms with Gasteiger partial charge in [-0.3, -0.25) is 4.79 Å². The van der Waals surface area contributed by atoms with Gasteiger partial charge in [0.2, 0.25) is 5.91 Å². The molecule has 27 heavy (non-hydrogen) atoms. The largest absolute Gasteiger partial charge is 0.383 e. The minimum atomic E-state index is 0.137. The summed E-state index contributed by atoms with van der Waals surface area (Å²) in [4.78, 5) is 19.4. The van der Waals surface area contributed by atoms with E-state index >= 15 is 0 Å². The van der Waals surface area contributed by atoms with Gasteiger partial charge in [0.15, 0.2) is 5.65 Å². The summed E-state index contributed by atoms with van der Waals surface area (Å²) in [6, 6.07) is 2.35. The van der Waals surface area contributed by atoms with Gasteiger partial charge < -0.3 is 9.64 Å². The van der Waals surface area contributed by atoms with E-state index in [4.69, 9.17) is 4.74 Å². The van der Waals surface area contributed by atoms with Gasteiger partial charge in [-0.15, -0.1) is 0 Å². The number of hydrogen-bond acceptors (Lipinski definition) is 5. The van der Waals surface area contributed by atoms with Crippen molar-refractivity contribution >= 4 is 11.6 Å². The summed E-state index contributed by atoms with van der Waals surface area (Å²) in [5.41, 5.74) is 3.82. The molecule has 0 atom stereocenters. The van der Waals surface area contributed by atoms with Gasteiger partial charge >= 0.3 is 0 Å². The number of nitriles is 1. The maximum absolute atomic E-state index is 12.9. The van der Waals surface area contributed by atoms with Crippen molar-refractivity contribution in [2.75, 3.05) is 20.3 Å². The van der Waals surface area contributed by atoms with Crippen LogP contribution in [0.1, 0.15) is 55.6 Å². The van der Waals surface area contributed by atoms with Crippen LogP contribution in [0.25, 0.3) is 5.65 Å². The second-order valence-corrected chi connectivity index (χ2v) is 6.72. The van der Waals surface area contributed by atoms with Crippen LogP contribution in [-0.2, 0) is 16.0 Å². The molecule has 0 saturated heterocycles. The van der Waals surface area contributed by atoms with Gasteiger partial charge in [0.1, 0.15) is 11.6 Å². The molecule has 0 unspecified atom stereocenters. The number of aromatic nitrogens is 3. The monoisotopic (exact) mass is 371 g/mol. The minimum absolute atomic E-state index is 0.137. The lowest BCUT2D eigenvalue weighted by atomic mass is 10.0. The average Bonchev–Trinajstić information content (AvgIpc) is 3.07. The van der Waals surface area contributed by atoms with Crippen LogP contribution < -0.4 is 0 Å². The van der Waals surface area contributed by atoms with Crippen molar-refractivity contribution < 1.29 is 9.53 Å². The van der Waals surface area contributed by atoms with Gasteiger partial charge in [-0.1, -0.05) is 13.8 Å². The number of hydrogen-bond donors (Lipinski definition) is 0. The number of fused-ring (bicyclic) bond motifs is 1. The number of carbonyl (C=O) groups excluding carboxylic acids is 1. The Labute approximate surface area is 160 Å². The van der Waals surface area contributed by atoms with Crippen molar-refractivity contribution in [2.24, 2.45) is 0 Å². The molecule has 0 spiro atoms. The molecule has 0 aliphatic carbocycles. The second-order valence-electron chi connectivity index (χ2n) is 6.72. The molecule has 7 nitrogen and oxygen atoms in total. The van der Waals surface area contributed by atoms with E-state index in [0.29, 0.717) is 37.2 Å². The summed E-state index contributed by atoms with van der Waals surface area (Å²) in [5, 5.41) is 13.4. The van der Waals surface area contributed by atoms with E-state index < -0.39 is 0 Å². The Bertz CT molecular complexity index is 833. The van der Waals surface area contributed by atoms with Crippen LogP contribution in [0.3, 0.4) is 0 Å². The molecule has 0 aliphatic rings. The van der Waals surface area contributed by atoms with Gasteiger partial charge in [-0.2, -0.15) is 10.4 Å². The molecule has 2 rings (SSSR count). The van der Waals surface area contributed by atoms with E-state index in [0.717, 1.165) is 29.8 Å². The van der Waals surface area contributed by atoms with Crippen molar-refractivity contribution in [3.8, 4) is 6.07 Å². The molecule has 146 valence electrons. The third-order valence-electron chi connectivity index (χ3n) is 5.16. The van der Waals surface area contributed by atoms with Crippen LogP contribution in [-0.4, -0.2) is 51.7 Å². The molecule has 7 heteroatoms. The third-order valence-corrected chi connectivity index (χ3v) is 5.16. The first-order valence-electron chi connectivity index (χ1n) is 9.50. The lowest BCUT2D eigenvalue weighted by molar-refractivity contribution is -0.134. The van der Waals surface area contributed by atoms with E-state index in [2.05, 4.69) is 30.0 Å². The quantitative estimate of drug-likeness (QED) is 0.677. The van der Waals surface area contributed by atoms with Gasteiger partial charge in [0.05, 0.1) is 12.8 Å². The molecule has 2 aromatic heterocycles. The Morgan fingerprint density at radius 3 is 2.67 bits per heavy atom. The summed E-state index contributed by atoms with van der Waals surface area (Å²) >= 11 is 0. The fourth-order valence-electron chi connectivity index (χ4n) is 3.56. The third kappa shape index (κ3) is 4.45. The van der Waals surface area contributed by atoms with Crippen molar-refractivity contribution in [1.29, 1.82) is 5.26 Å². The molecule has 0 saturated carbocycles. The van der Waals surface area contributed by atoms with Gasteiger partial charge in [-0.25, -0.2) is 9.50 Å². The highest BCUT2D eigenvalue weighted by Crippen LogP contribution is 2.19. The number of rotatable bonds is 9. The Hall–Kier alpha value is -2.46. The number of methoxy groups -OCH3 is 1. The molecule has 0 N–H and O–H groups in total. The first-order chi connectivity index (χ1) is 13.0. The molecule has 2 heterocycles. The number of carbonyl (C=O) groups is 1. The summed E-state index contributed by atoms with van der Waals surface area (Å²) in [7, 11) is 1.66. The van der Waals surface area contributed by atoms with E-state index in [-0.39, 0.29) is 11.9 Å². The molecule has 0 aliphatic heterocycles. The van der Waals surface area contributed by atoms with Crippen LogP contribution in [0, 0.1) is 25.2 Å². The lowest BCUT2D eigenvalue weighted by Crippen LogP contribution is -2.42. The Morgan fingerprint density at radius 1 is 1.37 bits per heavy atom. The molecular formula is C20H29N5O2. The van der Waals surface area contributed by atoms with Crippen LogP contribution in [0.4, 0.5) is 0 Å². The molecule has 0 radical (unpaired) electrons. The molecule has 1 amide bonds. The molecule has 0 fully saturated rings. The first-order valence-corrected chi connectivity index (χ1v) is 9.50. The zero-order valence-electron chi connectivity index (χ0n) is 16.9. The van der Waals surface area contributed by atoms with Crippen LogP contribution >= 0.6 is 0 Å². The average molecular weight is 371 g/mol. The van der Waals surface area contributed by atoms with Crippen LogP contribution in [0.2, 0.25) is 0 Å². The predicted octanol–water partition coefficient (Wildman–Crippen LogP) is 2.81. The highest BCUT2D eigenvalue weighted by molar-refractivity contribution is 5.77. The van der Waals surface area contributed by atoms with E-state index in [9.17, 15) is 10.1 Å². The summed E-state index contributed by atoms with van der Waals surface area (Å²) < 4.78 is 6.87. The normalized spacial score (nSPS) is 11.1. The summed E-state index contributed by atoms with van der Waals surface area (Å²) in [5.74, 6) is 0.137. The van der Waals surface area contributed by atoms with Crippen molar-refractivity contribution in [2.45, 2.75) is 59.4 Å². The topological polar surface area (TPSA) is 83.5 Å². The fourth-order valence-corrected chi connectivity index (χ4v) is 3.56. The number of nitrogens with zero attached hydrogens (tertiary/aromatic N) is 5. The maximum atomic E-state index is 12.9. The zero-order chi connectivity index (χ0) is 20.0.